The molecule has 0 heterocycles. The summed E-state index contributed by atoms with van der Waals surface area (Å²) < 4.78 is 0. The summed E-state index contributed by atoms with van der Waals surface area (Å²) in [4.78, 5) is 35.7. The van der Waals surface area contributed by atoms with E-state index in [1.54, 1.807) is 97.1 Å². The molecule has 6 nitrogen and oxygen atoms in total. The van der Waals surface area contributed by atoms with Gasteiger partial charge >= 0.3 is 0 Å². The first kappa shape index (κ1) is 31.7. The topological polar surface area (TPSA) is 112 Å². The molecule has 0 aliphatic rings. The monoisotopic (exact) mass is 594 g/mol. The first-order valence-electron chi connectivity index (χ1n) is 14.0. The molecule has 0 atom stereocenters. The summed E-state index contributed by atoms with van der Waals surface area (Å²) in [5.41, 5.74) is 3.29. The number of phenols is 3. The maximum absolute atomic E-state index is 11.9. The van der Waals surface area contributed by atoms with Gasteiger partial charge < -0.3 is 15.3 Å². The van der Waals surface area contributed by atoms with E-state index >= 15 is 0 Å². The molecule has 222 valence electrons. The highest BCUT2D eigenvalue weighted by Crippen LogP contribution is 2.19. The number of ketones is 3. The van der Waals surface area contributed by atoms with Crippen molar-refractivity contribution < 1.29 is 29.7 Å². The first-order valence-corrected chi connectivity index (χ1v) is 14.0. The predicted octanol–water partition coefficient (Wildman–Crippen LogP) is 7.87. The van der Waals surface area contributed by atoms with E-state index in [-0.39, 0.29) is 34.6 Å². The van der Waals surface area contributed by atoms with Crippen LogP contribution < -0.4 is 0 Å². The predicted molar refractivity (Wildman–Crippen MR) is 174 cm³/mol. The Bertz CT molecular complexity index is 1850. The Labute approximate surface area is 261 Å². The molecule has 3 N–H and O–H groups in total. The average molecular weight is 595 g/mol. The van der Waals surface area contributed by atoms with Crippen molar-refractivity contribution in [1.82, 2.24) is 0 Å². The average Bonchev–Trinajstić information content (AvgIpc) is 3.09. The van der Waals surface area contributed by atoms with Gasteiger partial charge in [-0.05, 0) is 48.5 Å². The minimum Gasteiger partial charge on any atom is -0.508 e. The zero-order chi connectivity index (χ0) is 32.0. The molecule has 0 spiro atoms. The van der Waals surface area contributed by atoms with E-state index in [1.165, 1.54) is 24.3 Å². The van der Waals surface area contributed by atoms with Gasteiger partial charge in [-0.25, -0.2) is 0 Å². The molecular weight excluding hydrogens is 564 g/mol. The summed E-state index contributed by atoms with van der Waals surface area (Å²) in [6.45, 7) is 0. The molecule has 0 unspecified atom stereocenters. The lowest BCUT2D eigenvalue weighted by Crippen LogP contribution is -2.00. The number of rotatable bonds is 6. The van der Waals surface area contributed by atoms with Crippen LogP contribution in [-0.4, -0.2) is 32.7 Å². The molecule has 6 aromatic carbocycles. The van der Waals surface area contributed by atoms with Gasteiger partial charge in [0.25, 0.3) is 0 Å². The molecule has 6 heteroatoms. The molecule has 0 fully saturated rings. The maximum atomic E-state index is 11.9. The van der Waals surface area contributed by atoms with Crippen molar-refractivity contribution in [3.63, 3.8) is 0 Å². The Kier molecular flexibility index (Phi) is 11.1. The van der Waals surface area contributed by atoms with Gasteiger partial charge in [0.05, 0.1) is 5.56 Å². The summed E-state index contributed by atoms with van der Waals surface area (Å²) >= 11 is 0. The molecule has 0 bridgehead atoms. The second-order valence-corrected chi connectivity index (χ2v) is 9.70. The Morgan fingerprint density at radius 2 is 0.733 bits per heavy atom. The van der Waals surface area contributed by atoms with Crippen LogP contribution in [0.3, 0.4) is 0 Å². The maximum Gasteiger partial charge on any atom is 0.196 e. The third-order valence-electron chi connectivity index (χ3n) is 6.49. The summed E-state index contributed by atoms with van der Waals surface area (Å²) in [7, 11) is 0. The van der Waals surface area contributed by atoms with Gasteiger partial charge in [-0.15, -0.1) is 0 Å². The molecule has 0 saturated heterocycles. The van der Waals surface area contributed by atoms with E-state index in [2.05, 4.69) is 0 Å². The van der Waals surface area contributed by atoms with Crippen molar-refractivity contribution in [3.8, 4) is 17.2 Å². The fourth-order valence-electron chi connectivity index (χ4n) is 4.18. The molecule has 6 aromatic rings. The van der Waals surface area contributed by atoms with E-state index in [0.717, 1.165) is 0 Å². The molecule has 6 rings (SSSR count). The number of benzene rings is 6. The van der Waals surface area contributed by atoms with Gasteiger partial charge in [0.15, 0.2) is 17.3 Å². The molecule has 0 saturated carbocycles. The molecule has 0 radical (unpaired) electrons. The molecule has 0 aromatic heterocycles. The Hall–Kier alpha value is -6.27. The number of hydrogen-bond donors (Lipinski definition) is 3. The van der Waals surface area contributed by atoms with Gasteiger partial charge in [-0.1, -0.05) is 115 Å². The number of aromatic hydroxyl groups is 3. The molecule has 0 aliphatic carbocycles. The number of carbonyl (C=O) groups is 3. The lowest BCUT2D eigenvalue weighted by atomic mass is 10.0. The fourth-order valence-corrected chi connectivity index (χ4v) is 4.18. The number of para-hydroxylation sites is 1. The van der Waals surface area contributed by atoms with Gasteiger partial charge in [-0.2, -0.15) is 0 Å². The number of phenolic OH excluding ortho intramolecular Hbond substituents is 3. The van der Waals surface area contributed by atoms with Crippen LogP contribution >= 0.6 is 0 Å². The van der Waals surface area contributed by atoms with E-state index < -0.39 is 0 Å². The van der Waals surface area contributed by atoms with Crippen molar-refractivity contribution in [2.24, 2.45) is 0 Å². The smallest absolute Gasteiger partial charge is 0.196 e. The molecule has 0 amide bonds. The van der Waals surface area contributed by atoms with Gasteiger partial charge in [0.2, 0.25) is 0 Å². The Morgan fingerprint density at radius 3 is 1.22 bits per heavy atom. The largest absolute Gasteiger partial charge is 0.508 e. The summed E-state index contributed by atoms with van der Waals surface area (Å²) in [5.74, 6) is 0.0264. The lowest BCUT2D eigenvalue weighted by molar-refractivity contribution is 0.102. The highest BCUT2D eigenvalue weighted by Gasteiger charge is 2.12. The third-order valence-corrected chi connectivity index (χ3v) is 6.49. The van der Waals surface area contributed by atoms with Crippen LogP contribution in [0.2, 0.25) is 0 Å². The standard InChI is InChI=1S/3C13H10O2/c14-12-9-5-4-8-11(12)13(15)10-6-2-1-3-7-10;14-12-8-4-7-11(9-12)13(15)10-5-2-1-3-6-10;14-12-8-6-11(7-9-12)13(15)10-4-2-1-3-5-10/h3*1-9,14H. The fraction of sp³-hybridized carbons (Fsp3) is 0. The highest BCUT2D eigenvalue weighted by molar-refractivity contribution is 6.11. The second-order valence-electron chi connectivity index (χ2n) is 9.70. The van der Waals surface area contributed by atoms with Gasteiger partial charge in [0, 0.05) is 27.8 Å². The van der Waals surface area contributed by atoms with Crippen molar-refractivity contribution in [3.05, 3.63) is 197 Å². The van der Waals surface area contributed by atoms with Crippen LogP contribution in [-0.2, 0) is 0 Å². The number of carbonyl (C=O) groups excluding carboxylic acids is 3. The molecule has 0 aliphatic heterocycles. The zero-order valence-electron chi connectivity index (χ0n) is 24.2. The zero-order valence-corrected chi connectivity index (χ0v) is 24.2. The van der Waals surface area contributed by atoms with Crippen molar-refractivity contribution in [2.75, 3.05) is 0 Å². The lowest BCUT2D eigenvalue weighted by Gasteiger charge is -2.02. The summed E-state index contributed by atoms with van der Waals surface area (Å²) in [6.07, 6.45) is 0. The Morgan fingerprint density at radius 1 is 0.333 bits per heavy atom. The van der Waals surface area contributed by atoms with E-state index in [9.17, 15) is 24.6 Å². The SMILES string of the molecule is O=C(c1ccccc1)c1ccc(O)cc1.O=C(c1ccccc1)c1cccc(O)c1.O=C(c1ccccc1)c1ccccc1O. The van der Waals surface area contributed by atoms with Crippen molar-refractivity contribution in [1.29, 1.82) is 0 Å². The van der Waals surface area contributed by atoms with Gasteiger partial charge in [0.1, 0.15) is 17.2 Å². The molecular formula is C39H30O6. The minimum atomic E-state index is -0.159. The van der Waals surface area contributed by atoms with Crippen LogP contribution in [0.4, 0.5) is 0 Å². The van der Waals surface area contributed by atoms with Crippen LogP contribution in [0.5, 0.6) is 17.2 Å². The second kappa shape index (κ2) is 15.8. The van der Waals surface area contributed by atoms with Crippen molar-refractivity contribution in [2.45, 2.75) is 0 Å². The highest BCUT2D eigenvalue weighted by atomic mass is 16.3. The first-order chi connectivity index (χ1) is 21.8. The quantitative estimate of drug-likeness (QED) is 0.169. The van der Waals surface area contributed by atoms with Gasteiger partial charge in [-0.3, -0.25) is 14.4 Å². The minimum absolute atomic E-state index is 0.0198. The van der Waals surface area contributed by atoms with E-state index in [0.29, 0.717) is 33.4 Å². The van der Waals surface area contributed by atoms with E-state index in [4.69, 9.17) is 5.11 Å². The third kappa shape index (κ3) is 9.11. The van der Waals surface area contributed by atoms with Crippen LogP contribution in [0.1, 0.15) is 47.8 Å². The summed E-state index contributed by atoms with van der Waals surface area (Å²) in [5, 5.41) is 27.9. The molecule has 45 heavy (non-hydrogen) atoms. The van der Waals surface area contributed by atoms with E-state index in [1.807, 2.05) is 42.5 Å². The van der Waals surface area contributed by atoms with Crippen molar-refractivity contribution >= 4 is 17.3 Å². The van der Waals surface area contributed by atoms with Crippen LogP contribution in [0.15, 0.2) is 164 Å². The van der Waals surface area contributed by atoms with Crippen LogP contribution in [0, 0.1) is 0 Å². The number of hydrogen-bond acceptors (Lipinski definition) is 6. The van der Waals surface area contributed by atoms with Crippen LogP contribution in [0.25, 0.3) is 0 Å². The Balaban J connectivity index is 0.000000154. The summed E-state index contributed by atoms with van der Waals surface area (Å²) in [6, 6.07) is 46.1. The normalized spacial score (nSPS) is 9.87.